The number of thioether (sulfide) groups is 1. The van der Waals surface area contributed by atoms with Crippen molar-refractivity contribution >= 4 is 58.1 Å². The second kappa shape index (κ2) is 11.2. The number of anilines is 1. The van der Waals surface area contributed by atoms with Gasteiger partial charge in [-0.15, -0.1) is 0 Å². The van der Waals surface area contributed by atoms with Crippen LogP contribution in [0.3, 0.4) is 0 Å². The maximum absolute atomic E-state index is 12.7. The van der Waals surface area contributed by atoms with E-state index in [1.54, 1.807) is 6.08 Å². The highest BCUT2D eigenvalue weighted by Crippen LogP contribution is 2.32. The first kappa shape index (κ1) is 24.5. The predicted octanol–water partition coefficient (Wildman–Crippen LogP) is 5.14. The molecule has 1 heterocycles. The van der Waals surface area contributed by atoms with E-state index in [4.69, 9.17) is 16.3 Å². The highest BCUT2D eigenvalue weighted by atomic mass is 35.5. The van der Waals surface area contributed by atoms with Crippen molar-refractivity contribution in [1.29, 1.82) is 0 Å². The molecule has 3 rings (SSSR count). The minimum absolute atomic E-state index is 0.117. The monoisotopic (exact) mass is 486 g/mol. The van der Waals surface area contributed by atoms with Crippen molar-refractivity contribution in [3.05, 3.63) is 69.1 Å². The molecule has 1 saturated heterocycles. The lowest BCUT2D eigenvalue weighted by Crippen LogP contribution is -2.36. The van der Waals surface area contributed by atoms with E-state index in [1.807, 2.05) is 38.1 Å². The van der Waals surface area contributed by atoms with Crippen molar-refractivity contribution in [2.45, 2.75) is 26.7 Å². The number of carbonyl (C=O) groups excluding carboxylic acids is 4. The van der Waals surface area contributed by atoms with Crippen LogP contribution in [-0.4, -0.2) is 41.1 Å². The molecule has 172 valence electrons. The third kappa shape index (κ3) is 6.24. The molecule has 0 radical (unpaired) electrons. The van der Waals surface area contributed by atoms with Gasteiger partial charge >= 0.3 is 5.97 Å². The number of hydrogen-bond donors (Lipinski definition) is 1. The van der Waals surface area contributed by atoms with Crippen LogP contribution >= 0.6 is 23.4 Å². The molecule has 7 nitrogen and oxygen atoms in total. The Balaban J connectivity index is 1.66. The van der Waals surface area contributed by atoms with Crippen LogP contribution in [0.25, 0.3) is 6.08 Å². The molecule has 3 amide bonds. The second-order valence-electron chi connectivity index (χ2n) is 7.24. The Morgan fingerprint density at radius 3 is 2.52 bits per heavy atom. The van der Waals surface area contributed by atoms with Crippen LogP contribution in [0.5, 0.6) is 0 Å². The van der Waals surface area contributed by atoms with E-state index in [-0.39, 0.29) is 22.1 Å². The quantitative estimate of drug-likeness (QED) is 0.410. The van der Waals surface area contributed by atoms with Gasteiger partial charge in [-0.1, -0.05) is 49.7 Å². The van der Waals surface area contributed by atoms with E-state index in [0.29, 0.717) is 12.1 Å². The average Bonchev–Trinajstić information content (AvgIpc) is 3.06. The van der Waals surface area contributed by atoms with Crippen LogP contribution in [0.4, 0.5) is 10.5 Å². The molecule has 1 fully saturated rings. The standard InChI is InChI=1S/C24H23ClN2O5S/c1-3-11-32-23(30)18-13-17(9-10-19(18)25)26-21(28)14-27-22(29)20(33-24(27)31)12-16-7-5-15(4-2)6-8-16/h5-10,12-13H,3-4,11,14H2,1-2H3,(H,26,28)/b20-12-. The van der Waals surface area contributed by atoms with Gasteiger partial charge in [-0.25, -0.2) is 4.79 Å². The van der Waals surface area contributed by atoms with Crippen molar-refractivity contribution in [2.24, 2.45) is 0 Å². The van der Waals surface area contributed by atoms with Gasteiger partial charge in [0.15, 0.2) is 0 Å². The number of amides is 3. The number of imide groups is 1. The maximum Gasteiger partial charge on any atom is 0.339 e. The molecule has 9 heteroatoms. The summed E-state index contributed by atoms with van der Waals surface area (Å²) in [5.41, 5.74) is 2.38. The number of ether oxygens (including phenoxy) is 1. The first-order valence-electron chi connectivity index (χ1n) is 10.4. The van der Waals surface area contributed by atoms with Crippen LogP contribution in [0, 0.1) is 0 Å². The molecule has 0 unspecified atom stereocenters. The summed E-state index contributed by atoms with van der Waals surface area (Å²) in [5, 5.41) is 2.26. The lowest BCUT2D eigenvalue weighted by atomic mass is 10.1. The lowest BCUT2D eigenvalue weighted by molar-refractivity contribution is -0.127. The normalized spacial score (nSPS) is 14.6. The number of benzene rings is 2. The number of nitrogens with one attached hydrogen (secondary N) is 1. The van der Waals surface area contributed by atoms with Gasteiger partial charge < -0.3 is 10.1 Å². The summed E-state index contributed by atoms with van der Waals surface area (Å²) in [7, 11) is 0. The molecule has 0 saturated carbocycles. The first-order chi connectivity index (χ1) is 15.8. The number of aryl methyl sites for hydroxylation is 1. The molecular weight excluding hydrogens is 464 g/mol. The van der Waals surface area contributed by atoms with Gasteiger partial charge in [0, 0.05) is 5.69 Å². The number of esters is 1. The highest BCUT2D eigenvalue weighted by Gasteiger charge is 2.36. The van der Waals surface area contributed by atoms with E-state index in [1.165, 1.54) is 23.8 Å². The topological polar surface area (TPSA) is 92.8 Å². The van der Waals surface area contributed by atoms with E-state index >= 15 is 0 Å². The van der Waals surface area contributed by atoms with E-state index < -0.39 is 29.6 Å². The van der Waals surface area contributed by atoms with Crippen molar-refractivity contribution in [3.63, 3.8) is 0 Å². The summed E-state index contributed by atoms with van der Waals surface area (Å²) in [6, 6.07) is 12.1. The lowest BCUT2D eigenvalue weighted by Gasteiger charge is -2.13. The average molecular weight is 487 g/mol. The third-order valence-electron chi connectivity index (χ3n) is 4.77. The summed E-state index contributed by atoms with van der Waals surface area (Å²) in [5.74, 6) is -1.71. The Morgan fingerprint density at radius 1 is 1.12 bits per heavy atom. The molecule has 1 aliphatic rings. The molecule has 0 spiro atoms. The predicted molar refractivity (Wildman–Crippen MR) is 129 cm³/mol. The van der Waals surface area contributed by atoms with Crippen molar-refractivity contribution in [2.75, 3.05) is 18.5 Å². The molecule has 1 aliphatic heterocycles. The molecule has 2 aromatic carbocycles. The summed E-state index contributed by atoms with van der Waals surface area (Å²) in [4.78, 5) is 50.8. The zero-order valence-corrected chi connectivity index (χ0v) is 19.8. The number of halogens is 1. The summed E-state index contributed by atoms with van der Waals surface area (Å²) < 4.78 is 5.08. The van der Waals surface area contributed by atoms with Gasteiger partial charge in [0.05, 0.1) is 22.1 Å². The zero-order valence-electron chi connectivity index (χ0n) is 18.2. The van der Waals surface area contributed by atoms with Crippen LogP contribution in [0.1, 0.15) is 41.8 Å². The van der Waals surface area contributed by atoms with Crippen LogP contribution in [0.2, 0.25) is 5.02 Å². The van der Waals surface area contributed by atoms with E-state index in [0.717, 1.165) is 28.6 Å². The smallest absolute Gasteiger partial charge is 0.339 e. The minimum atomic E-state index is -0.596. The molecule has 0 bridgehead atoms. The molecule has 1 N–H and O–H groups in total. The van der Waals surface area contributed by atoms with Crippen LogP contribution in [0.15, 0.2) is 47.4 Å². The largest absolute Gasteiger partial charge is 0.462 e. The van der Waals surface area contributed by atoms with Crippen molar-refractivity contribution in [3.8, 4) is 0 Å². The maximum atomic E-state index is 12.7. The zero-order chi connectivity index (χ0) is 24.0. The number of rotatable bonds is 8. The molecule has 2 aromatic rings. The molecular formula is C24H23ClN2O5S. The molecule has 0 aromatic heterocycles. The Morgan fingerprint density at radius 2 is 1.85 bits per heavy atom. The molecule has 33 heavy (non-hydrogen) atoms. The third-order valence-corrected chi connectivity index (χ3v) is 6.01. The number of carbonyl (C=O) groups is 4. The van der Waals surface area contributed by atoms with Crippen LogP contribution < -0.4 is 5.32 Å². The fourth-order valence-electron chi connectivity index (χ4n) is 3.01. The van der Waals surface area contributed by atoms with Gasteiger partial charge in [0.25, 0.3) is 11.1 Å². The first-order valence-corrected chi connectivity index (χ1v) is 11.6. The van der Waals surface area contributed by atoms with Gasteiger partial charge in [-0.3, -0.25) is 19.3 Å². The van der Waals surface area contributed by atoms with E-state index in [9.17, 15) is 19.2 Å². The van der Waals surface area contributed by atoms with E-state index in [2.05, 4.69) is 5.32 Å². The second-order valence-corrected chi connectivity index (χ2v) is 8.64. The Bertz CT molecular complexity index is 1110. The van der Waals surface area contributed by atoms with Gasteiger partial charge in [-0.05, 0) is 60.0 Å². The Hall–Kier alpha value is -3.10. The summed E-state index contributed by atoms with van der Waals surface area (Å²) in [6.07, 6.45) is 3.20. The highest BCUT2D eigenvalue weighted by molar-refractivity contribution is 8.18. The van der Waals surface area contributed by atoms with Gasteiger partial charge in [0.2, 0.25) is 5.91 Å². The van der Waals surface area contributed by atoms with Gasteiger partial charge in [0.1, 0.15) is 6.54 Å². The Labute approximate surface area is 201 Å². The summed E-state index contributed by atoms with van der Waals surface area (Å²) >= 11 is 6.85. The molecule has 0 atom stereocenters. The Kier molecular flexibility index (Phi) is 8.30. The fourth-order valence-corrected chi connectivity index (χ4v) is 4.05. The minimum Gasteiger partial charge on any atom is -0.462 e. The summed E-state index contributed by atoms with van der Waals surface area (Å²) in [6.45, 7) is 3.72. The van der Waals surface area contributed by atoms with Crippen LogP contribution in [-0.2, 0) is 20.7 Å². The number of nitrogens with zero attached hydrogens (tertiary/aromatic N) is 1. The van der Waals surface area contributed by atoms with Gasteiger partial charge in [-0.2, -0.15) is 0 Å². The molecule has 0 aliphatic carbocycles. The van der Waals surface area contributed by atoms with Crippen molar-refractivity contribution < 1.29 is 23.9 Å². The SMILES string of the molecule is CCCOC(=O)c1cc(NC(=O)CN2C(=O)S/C(=C\c3ccc(CC)cc3)C2=O)ccc1Cl. The van der Waals surface area contributed by atoms with Crippen molar-refractivity contribution in [1.82, 2.24) is 4.90 Å². The number of hydrogen-bond acceptors (Lipinski definition) is 6. The fraction of sp³-hybridized carbons (Fsp3) is 0.250.